The van der Waals surface area contributed by atoms with Gasteiger partial charge in [0, 0.05) is 24.2 Å². The molecule has 2 aromatic carbocycles. The van der Waals surface area contributed by atoms with Crippen LogP contribution < -0.4 is 9.64 Å². The van der Waals surface area contributed by atoms with Crippen LogP contribution in [-0.2, 0) is 11.2 Å². The number of alkyl halides is 3. The molecule has 0 spiro atoms. The molecule has 0 aliphatic heterocycles. The van der Waals surface area contributed by atoms with Gasteiger partial charge >= 0.3 is 6.36 Å². The number of benzene rings is 2. The Kier molecular flexibility index (Phi) is 8.53. The van der Waals surface area contributed by atoms with Crippen molar-refractivity contribution < 1.29 is 22.7 Å². The number of nitrogens with zero attached hydrogens (tertiary/aromatic N) is 3. The number of amides is 1. The van der Waals surface area contributed by atoms with Gasteiger partial charge in [0.2, 0.25) is 5.91 Å². The lowest BCUT2D eigenvalue weighted by Crippen LogP contribution is -2.37. The minimum absolute atomic E-state index is 0. The third-order valence-corrected chi connectivity index (χ3v) is 5.45. The van der Waals surface area contributed by atoms with Crippen molar-refractivity contribution in [1.82, 2.24) is 9.88 Å². The van der Waals surface area contributed by atoms with Crippen LogP contribution >= 0.6 is 35.3 Å². The molecule has 0 atom stereocenters. The van der Waals surface area contributed by atoms with Crippen LogP contribution in [0.3, 0.4) is 0 Å². The predicted octanol–water partition coefficient (Wildman–Crippen LogP) is 5.41. The first-order chi connectivity index (χ1) is 14.1. The first kappa shape index (κ1) is 25.2. The topological polar surface area (TPSA) is 45.7 Å². The molecule has 168 valence electrons. The molecular weight excluding hydrogens is 474 g/mol. The van der Waals surface area contributed by atoms with Crippen LogP contribution in [-0.4, -0.2) is 49.3 Å². The van der Waals surface area contributed by atoms with E-state index >= 15 is 0 Å². The molecule has 0 N–H and O–H groups in total. The summed E-state index contributed by atoms with van der Waals surface area (Å²) in [5.74, 6) is -0.484. The number of aromatic nitrogens is 1. The summed E-state index contributed by atoms with van der Waals surface area (Å²) in [6.07, 6.45) is -4.61. The van der Waals surface area contributed by atoms with E-state index in [-0.39, 0.29) is 30.5 Å². The number of hydrogen-bond donors (Lipinski definition) is 0. The molecule has 0 aliphatic carbocycles. The first-order valence-electron chi connectivity index (χ1n) is 8.96. The van der Waals surface area contributed by atoms with Crippen molar-refractivity contribution in [2.75, 3.05) is 32.1 Å². The largest absolute Gasteiger partial charge is 0.573 e. The maximum Gasteiger partial charge on any atom is 0.573 e. The van der Waals surface area contributed by atoms with E-state index in [2.05, 4.69) is 9.72 Å². The molecule has 0 saturated heterocycles. The highest BCUT2D eigenvalue weighted by atomic mass is 35.5. The van der Waals surface area contributed by atoms with Crippen LogP contribution in [0, 0.1) is 0 Å². The number of likely N-dealkylation sites (N-methyl/N-ethyl adjacent to an activating group) is 1. The van der Waals surface area contributed by atoms with Gasteiger partial charge in [0.25, 0.3) is 0 Å². The number of thiazole rings is 1. The van der Waals surface area contributed by atoms with Gasteiger partial charge < -0.3 is 9.64 Å². The molecule has 0 bridgehead atoms. The number of ether oxygens (including phenoxy) is 1. The molecule has 1 amide bonds. The number of fused-ring (bicyclic) bond motifs is 1. The van der Waals surface area contributed by atoms with E-state index in [0.717, 1.165) is 16.9 Å². The Balaban J connectivity index is 0.00000341. The maximum atomic E-state index is 13.0. The third kappa shape index (κ3) is 7.24. The molecule has 1 heterocycles. The number of rotatable bonds is 7. The van der Waals surface area contributed by atoms with Gasteiger partial charge in [0.15, 0.2) is 5.13 Å². The van der Waals surface area contributed by atoms with Crippen LogP contribution in [0.5, 0.6) is 5.75 Å². The zero-order chi connectivity index (χ0) is 21.9. The van der Waals surface area contributed by atoms with Crippen molar-refractivity contribution in [3.8, 4) is 5.75 Å². The van der Waals surface area contributed by atoms with E-state index in [4.69, 9.17) is 11.6 Å². The standard InChI is InChI=1S/C20H19ClF3N3O2S.ClH/c1-26(2)9-10-27(18(28)11-13-3-5-14(21)6-4-13)19-25-16-8-7-15(12-17(16)30-19)29-20(22,23)24;/h3-8,12H,9-11H2,1-2H3;1H. The highest BCUT2D eigenvalue weighted by molar-refractivity contribution is 7.22. The highest BCUT2D eigenvalue weighted by Crippen LogP contribution is 2.33. The molecule has 0 radical (unpaired) electrons. The highest BCUT2D eigenvalue weighted by Gasteiger charge is 2.31. The fraction of sp³-hybridized carbons (Fsp3) is 0.300. The van der Waals surface area contributed by atoms with E-state index in [9.17, 15) is 18.0 Å². The summed E-state index contributed by atoms with van der Waals surface area (Å²) in [4.78, 5) is 21.0. The number of halogens is 5. The van der Waals surface area contributed by atoms with Crippen LogP contribution in [0.4, 0.5) is 18.3 Å². The second kappa shape index (κ2) is 10.5. The maximum absolute atomic E-state index is 13.0. The summed E-state index contributed by atoms with van der Waals surface area (Å²) >= 11 is 7.04. The lowest BCUT2D eigenvalue weighted by atomic mass is 10.1. The average Bonchev–Trinajstić information content (AvgIpc) is 3.05. The van der Waals surface area contributed by atoms with Gasteiger partial charge in [0.05, 0.1) is 16.6 Å². The van der Waals surface area contributed by atoms with E-state index in [0.29, 0.717) is 33.5 Å². The molecule has 11 heteroatoms. The molecule has 0 fully saturated rings. The second-order valence-corrected chi connectivity index (χ2v) is 8.27. The Hall–Kier alpha value is -2.07. The van der Waals surface area contributed by atoms with Gasteiger partial charge in [-0.05, 0) is 43.9 Å². The molecule has 0 unspecified atom stereocenters. The summed E-state index contributed by atoms with van der Waals surface area (Å²) in [6.45, 7) is 0.996. The molecule has 3 aromatic rings. The van der Waals surface area contributed by atoms with Crippen molar-refractivity contribution in [2.45, 2.75) is 12.8 Å². The molecular formula is C20H20Cl2F3N3O2S. The van der Waals surface area contributed by atoms with E-state index in [1.54, 1.807) is 29.2 Å². The van der Waals surface area contributed by atoms with Crippen LogP contribution in [0.25, 0.3) is 10.2 Å². The Morgan fingerprint density at radius 3 is 2.42 bits per heavy atom. The van der Waals surface area contributed by atoms with Gasteiger partial charge in [-0.25, -0.2) is 4.98 Å². The van der Waals surface area contributed by atoms with Gasteiger partial charge in [-0.2, -0.15) is 0 Å². The third-order valence-electron chi connectivity index (χ3n) is 4.15. The molecule has 0 aliphatic rings. The minimum atomic E-state index is -4.77. The molecule has 5 nitrogen and oxygen atoms in total. The number of anilines is 1. The molecule has 0 saturated carbocycles. The number of carbonyl (C=O) groups is 1. The number of carbonyl (C=O) groups excluding carboxylic acids is 1. The van der Waals surface area contributed by atoms with E-state index < -0.39 is 6.36 Å². The van der Waals surface area contributed by atoms with E-state index in [1.165, 1.54) is 18.2 Å². The lowest BCUT2D eigenvalue weighted by Gasteiger charge is -2.22. The smallest absolute Gasteiger partial charge is 0.406 e. The fourth-order valence-corrected chi connectivity index (χ4v) is 3.87. The quantitative estimate of drug-likeness (QED) is 0.441. The van der Waals surface area contributed by atoms with Crippen LogP contribution in [0.15, 0.2) is 42.5 Å². The summed E-state index contributed by atoms with van der Waals surface area (Å²) in [7, 11) is 3.78. The van der Waals surface area contributed by atoms with E-state index in [1.807, 2.05) is 19.0 Å². The summed E-state index contributed by atoms with van der Waals surface area (Å²) in [6, 6.07) is 10.9. The van der Waals surface area contributed by atoms with Gasteiger partial charge in [-0.3, -0.25) is 9.69 Å². The van der Waals surface area contributed by atoms with Crippen LogP contribution in [0.2, 0.25) is 5.02 Å². The molecule has 31 heavy (non-hydrogen) atoms. The predicted molar refractivity (Wildman–Crippen MR) is 120 cm³/mol. The van der Waals surface area contributed by atoms with Gasteiger partial charge in [-0.15, -0.1) is 25.6 Å². The Morgan fingerprint density at radius 1 is 1.13 bits per heavy atom. The fourth-order valence-electron chi connectivity index (χ4n) is 2.70. The SMILES string of the molecule is CN(C)CCN(C(=O)Cc1ccc(Cl)cc1)c1nc2ccc(OC(F)(F)F)cc2s1.Cl. The van der Waals surface area contributed by atoms with Crippen molar-refractivity contribution >= 4 is 56.6 Å². The lowest BCUT2D eigenvalue weighted by molar-refractivity contribution is -0.274. The summed E-state index contributed by atoms with van der Waals surface area (Å²) in [5, 5.41) is 1.01. The zero-order valence-corrected chi connectivity index (χ0v) is 19.0. The van der Waals surface area contributed by atoms with Crippen molar-refractivity contribution in [3.63, 3.8) is 0 Å². The first-order valence-corrected chi connectivity index (χ1v) is 10.2. The van der Waals surface area contributed by atoms with Gasteiger partial charge in [-0.1, -0.05) is 35.1 Å². The molecule has 3 rings (SSSR count). The Morgan fingerprint density at radius 2 is 1.81 bits per heavy atom. The van der Waals surface area contributed by atoms with Crippen molar-refractivity contribution in [1.29, 1.82) is 0 Å². The monoisotopic (exact) mass is 493 g/mol. The normalized spacial score (nSPS) is 11.5. The van der Waals surface area contributed by atoms with Crippen molar-refractivity contribution in [2.24, 2.45) is 0 Å². The average molecular weight is 494 g/mol. The van der Waals surface area contributed by atoms with Gasteiger partial charge in [0.1, 0.15) is 5.75 Å². The Labute approximate surface area is 192 Å². The second-order valence-electron chi connectivity index (χ2n) is 6.83. The summed E-state index contributed by atoms with van der Waals surface area (Å²) in [5.41, 5.74) is 1.31. The minimum Gasteiger partial charge on any atom is -0.406 e. The molecule has 1 aromatic heterocycles. The Bertz CT molecular complexity index is 1030. The summed E-state index contributed by atoms with van der Waals surface area (Å²) < 4.78 is 41.9. The number of hydrogen-bond acceptors (Lipinski definition) is 5. The van der Waals surface area contributed by atoms with Crippen LogP contribution in [0.1, 0.15) is 5.56 Å². The van der Waals surface area contributed by atoms with Crippen molar-refractivity contribution in [3.05, 3.63) is 53.1 Å². The zero-order valence-electron chi connectivity index (χ0n) is 16.6.